The van der Waals surface area contributed by atoms with Gasteiger partial charge in [-0.3, -0.25) is 0 Å². The molecule has 12 heavy (non-hydrogen) atoms. The summed E-state index contributed by atoms with van der Waals surface area (Å²) in [6, 6.07) is 0. The molecule has 0 aliphatic rings. The molecule has 0 atom stereocenters. The van der Waals surface area contributed by atoms with Crippen LogP contribution in [0.15, 0.2) is 0 Å². The molecular weight excluding hydrogens is 269 g/mol. The predicted octanol–water partition coefficient (Wildman–Crippen LogP) is 2.51. The molecule has 4 heteroatoms. The van der Waals surface area contributed by atoms with Crippen molar-refractivity contribution in [2.45, 2.75) is 25.7 Å². The van der Waals surface area contributed by atoms with Gasteiger partial charge in [-0.1, -0.05) is 6.42 Å². The summed E-state index contributed by atoms with van der Waals surface area (Å²) in [5, 5.41) is 8.47. The van der Waals surface area contributed by atoms with Crippen molar-refractivity contribution in [3.8, 4) is 12.3 Å². The van der Waals surface area contributed by atoms with Gasteiger partial charge in [0.15, 0.2) is 0 Å². The Morgan fingerprint density at radius 2 is 2.17 bits per heavy atom. The molecule has 0 heterocycles. The maximum absolute atomic E-state index is 10.3. The number of carbonyl (C=O) groups is 1. The second kappa shape index (κ2) is 7.22. The van der Waals surface area contributed by atoms with Crippen molar-refractivity contribution < 1.29 is 9.90 Å². The third-order valence-electron chi connectivity index (χ3n) is 1.38. The van der Waals surface area contributed by atoms with Gasteiger partial charge in [0.25, 0.3) is 0 Å². The van der Waals surface area contributed by atoms with Gasteiger partial charge in [0.2, 0.25) is 0 Å². The topological polar surface area (TPSA) is 40.5 Å². The quantitative estimate of drug-likeness (QED) is 0.364. The molecule has 0 aliphatic carbocycles. The Kier molecular flexibility index (Phi) is 6.96. The van der Waals surface area contributed by atoms with Gasteiger partial charge in [-0.25, -0.2) is 7.91 Å². The van der Waals surface area contributed by atoms with Crippen molar-refractivity contribution >= 4 is 29.0 Å². The minimum Gasteiger partial charge on any atom is -0.464 e. The zero-order valence-electron chi connectivity index (χ0n) is 6.79. The van der Waals surface area contributed by atoms with E-state index in [4.69, 9.17) is 11.5 Å². The van der Waals surface area contributed by atoms with E-state index in [2.05, 4.69) is 5.92 Å². The van der Waals surface area contributed by atoms with E-state index in [0.717, 1.165) is 25.7 Å². The Balaban J connectivity index is 3.21. The van der Waals surface area contributed by atoms with Crippen molar-refractivity contribution in [1.82, 2.24) is 3.11 Å². The van der Waals surface area contributed by atoms with Gasteiger partial charge in [0.1, 0.15) is 0 Å². The van der Waals surface area contributed by atoms with Crippen LogP contribution in [0.2, 0.25) is 0 Å². The second-order valence-corrected chi connectivity index (χ2v) is 3.55. The van der Waals surface area contributed by atoms with E-state index in [-0.39, 0.29) is 0 Å². The molecular formula is C8H12INO2. The van der Waals surface area contributed by atoms with Gasteiger partial charge in [0.05, 0.1) is 22.9 Å². The van der Waals surface area contributed by atoms with Crippen molar-refractivity contribution in [3.05, 3.63) is 0 Å². The average molecular weight is 281 g/mol. The van der Waals surface area contributed by atoms with Crippen molar-refractivity contribution in [3.63, 3.8) is 0 Å². The van der Waals surface area contributed by atoms with Crippen LogP contribution in [0.5, 0.6) is 0 Å². The Morgan fingerprint density at radius 1 is 1.50 bits per heavy atom. The third-order valence-corrected chi connectivity index (χ3v) is 2.28. The summed E-state index contributed by atoms with van der Waals surface area (Å²) < 4.78 is 1.26. The van der Waals surface area contributed by atoms with E-state index in [1.54, 1.807) is 22.9 Å². The summed E-state index contributed by atoms with van der Waals surface area (Å²) in [5.41, 5.74) is 0. The molecule has 0 aliphatic heterocycles. The molecule has 0 saturated carbocycles. The highest BCUT2D eigenvalue weighted by atomic mass is 127. The first-order valence-electron chi connectivity index (χ1n) is 3.78. The molecule has 0 radical (unpaired) electrons. The van der Waals surface area contributed by atoms with Gasteiger partial charge < -0.3 is 5.11 Å². The molecule has 0 bridgehead atoms. The molecule has 0 aromatic heterocycles. The van der Waals surface area contributed by atoms with Crippen LogP contribution in [-0.4, -0.2) is 20.9 Å². The molecule has 1 N–H and O–H groups in total. The molecule has 0 spiro atoms. The summed E-state index contributed by atoms with van der Waals surface area (Å²) in [7, 11) is 0. The second-order valence-electron chi connectivity index (χ2n) is 2.38. The standard InChI is InChI=1S/C8H12INO2/c1-2-3-4-5-6-7-10(9)8(11)12/h1H,3-7H2,(H,11,12). The molecule has 0 saturated heterocycles. The zero-order chi connectivity index (χ0) is 9.40. The molecule has 0 aromatic rings. The number of nitrogens with zero attached hydrogens (tertiary/aromatic N) is 1. The Bertz CT molecular complexity index is 176. The van der Waals surface area contributed by atoms with Crippen LogP contribution in [0.1, 0.15) is 25.7 Å². The van der Waals surface area contributed by atoms with Gasteiger partial charge in [-0.05, 0) is 12.8 Å². The predicted molar refractivity (Wildman–Crippen MR) is 56.1 cm³/mol. The zero-order valence-corrected chi connectivity index (χ0v) is 8.95. The number of hydrogen-bond acceptors (Lipinski definition) is 1. The maximum atomic E-state index is 10.3. The Labute approximate surface area is 86.6 Å². The molecule has 0 unspecified atom stereocenters. The Hall–Kier alpha value is -0.440. The SMILES string of the molecule is C#CCCCCCN(I)C(=O)O. The van der Waals surface area contributed by atoms with Crippen molar-refractivity contribution in [1.29, 1.82) is 0 Å². The van der Waals surface area contributed by atoms with Crippen LogP contribution in [-0.2, 0) is 0 Å². The highest BCUT2D eigenvalue weighted by Crippen LogP contribution is 2.05. The Morgan fingerprint density at radius 3 is 2.67 bits per heavy atom. The van der Waals surface area contributed by atoms with Crippen LogP contribution in [0.25, 0.3) is 0 Å². The average Bonchev–Trinajstić information content (AvgIpc) is 2.03. The first kappa shape index (κ1) is 11.6. The van der Waals surface area contributed by atoms with Crippen LogP contribution < -0.4 is 0 Å². The third kappa shape index (κ3) is 6.28. The minimum absolute atomic E-state index is 0.584. The molecule has 0 fully saturated rings. The number of hydrogen-bond donors (Lipinski definition) is 1. The lowest BCUT2D eigenvalue weighted by atomic mass is 10.2. The van der Waals surface area contributed by atoms with E-state index in [1.807, 2.05) is 0 Å². The molecule has 1 amide bonds. The van der Waals surface area contributed by atoms with Crippen LogP contribution >= 0.6 is 22.9 Å². The lowest BCUT2D eigenvalue weighted by Gasteiger charge is -2.08. The summed E-state index contributed by atoms with van der Waals surface area (Å²) in [4.78, 5) is 10.3. The largest absolute Gasteiger partial charge is 0.464 e. The van der Waals surface area contributed by atoms with Crippen molar-refractivity contribution in [2.24, 2.45) is 0 Å². The number of amides is 1. The van der Waals surface area contributed by atoms with Gasteiger partial charge >= 0.3 is 6.09 Å². The highest BCUT2D eigenvalue weighted by Gasteiger charge is 2.05. The summed E-state index contributed by atoms with van der Waals surface area (Å²) >= 11 is 1.79. The fraction of sp³-hybridized carbons (Fsp3) is 0.625. The fourth-order valence-corrected chi connectivity index (χ4v) is 1.09. The molecule has 68 valence electrons. The lowest BCUT2D eigenvalue weighted by Crippen LogP contribution is -2.19. The van der Waals surface area contributed by atoms with Crippen molar-refractivity contribution in [2.75, 3.05) is 6.54 Å². The molecule has 0 aromatic carbocycles. The number of halogens is 1. The maximum Gasteiger partial charge on any atom is 0.416 e. The minimum atomic E-state index is -0.882. The number of carboxylic acid groups (broad SMARTS) is 1. The highest BCUT2D eigenvalue weighted by molar-refractivity contribution is 14.1. The molecule has 0 rings (SSSR count). The number of terminal acetylenes is 1. The van der Waals surface area contributed by atoms with Gasteiger partial charge in [0, 0.05) is 13.0 Å². The normalized spacial score (nSPS) is 9.00. The van der Waals surface area contributed by atoms with Crippen LogP contribution in [0.3, 0.4) is 0 Å². The van der Waals surface area contributed by atoms with E-state index in [0.29, 0.717) is 6.54 Å². The lowest BCUT2D eigenvalue weighted by molar-refractivity contribution is 0.179. The first-order chi connectivity index (χ1) is 5.68. The van der Waals surface area contributed by atoms with Crippen LogP contribution in [0, 0.1) is 12.3 Å². The molecule has 3 nitrogen and oxygen atoms in total. The number of rotatable bonds is 5. The van der Waals surface area contributed by atoms with Gasteiger partial charge in [-0.2, -0.15) is 0 Å². The summed E-state index contributed by atoms with van der Waals surface area (Å²) in [5.74, 6) is 2.55. The van der Waals surface area contributed by atoms with E-state index >= 15 is 0 Å². The van der Waals surface area contributed by atoms with Gasteiger partial charge in [-0.15, -0.1) is 12.3 Å². The first-order valence-corrected chi connectivity index (χ1v) is 4.74. The summed E-state index contributed by atoms with van der Waals surface area (Å²) in [6.45, 7) is 0.584. The summed E-state index contributed by atoms with van der Waals surface area (Å²) in [6.07, 6.45) is 7.84. The van der Waals surface area contributed by atoms with E-state index in [9.17, 15) is 4.79 Å². The monoisotopic (exact) mass is 281 g/mol. The van der Waals surface area contributed by atoms with E-state index in [1.165, 1.54) is 3.11 Å². The number of unbranched alkanes of at least 4 members (excludes halogenated alkanes) is 3. The van der Waals surface area contributed by atoms with Crippen LogP contribution in [0.4, 0.5) is 4.79 Å². The van der Waals surface area contributed by atoms with E-state index < -0.39 is 6.09 Å². The smallest absolute Gasteiger partial charge is 0.416 e. The fourth-order valence-electron chi connectivity index (χ4n) is 0.750.